The molecule has 0 radical (unpaired) electrons. The predicted octanol–water partition coefficient (Wildman–Crippen LogP) is 2.45. The van der Waals surface area contributed by atoms with Crippen molar-refractivity contribution >= 4 is 21.6 Å². The molecule has 0 aromatic carbocycles. The van der Waals surface area contributed by atoms with Crippen molar-refractivity contribution in [1.29, 1.82) is 0 Å². The van der Waals surface area contributed by atoms with E-state index in [4.69, 9.17) is 5.73 Å². The molecule has 0 spiro atoms. The van der Waals surface area contributed by atoms with E-state index >= 15 is 0 Å². The summed E-state index contributed by atoms with van der Waals surface area (Å²) in [5.74, 6) is 0. The molecule has 0 saturated heterocycles. The number of hydrogen-bond acceptors (Lipinski definition) is 2. The van der Waals surface area contributed by atoms with Crippen molar-refractivity contribution in [3.05, 3.63) is 22.4 Å². The lowest BCUT2D eigenvalue weighted by atomic mass is 10.2. The van der Waals surface area contributed by atoms with Crippen LogP contribution in [0.15, 0.2) is 16.9 Å². The molecular weight excluding hydrogens is 237 g/mol. The third-order valence-electron chi connectivity index (χ3n) is 1.17. The van der Waals surface area contributed by atoms with Crippen LogP contribution < -0.4 is 5.73 Å². The molecule has 0 bridgehead atoms. The van der Waals surface area contributed by atoms with Gasteiger partial charge < -0.3 is 5.73 Å². The number of anilines is 1. The van der Waals surface area contributed by atoms with Crippen LogP contribution in [0.1, 0.15) is 5.56 Å². The Kier molecular flexibility index (Phi) is 2.27. The molecule has 2 nitrogen and oxygen atoms in total. The van der Waals surface area contributed by atoms with Crippen molar-refractivity contribution in [2.24, 2.45) is 0 Å². The van der Waals surface area contributed by atoms with E-state index in [0.717, 1.165) is 12.3 Å². The Morgan fingerprint density at radius 3 is 2.42 bits per heavy atom. The zero-order chi connectivity index (χ0) is 9.35. The molecular formula is C6H4BrF3N2. The average Bonchev–Trinajstić information content (AvgIpc) is 1.92. The van der Waals surface area contributed by atoms with Crippen LogP contribution in [0.3, 0.4) is 0 Å². The first-order chi connectivity index (χ1) is 5.41. The molecule has 0 saturated carbocycles. The van der Waals surface area contributed by atoms with Crippen molar-refractivity contribution in [2.45, 2.75) is 6.18 Å². The molecule has 1 aromatic heterocycles. The first-order valence-corrected chi connectivity index (χ1v) is 3.69. The number of rotatable bonds is 0. The summed E-state index contributed by atoms with van der Waals surface area (Å²) in [6.07, 6.45) is -3.26. The minimum absolute atomic E-state index is 0.00877. The fraction of sp³-hybridized carbons (Fsp3) is 0.167. The van der Waals surface area contributed by atoms with Gasteiger partial charge in [0, 0.05) is 0 Å². The van der Waals surface area contributed by atoms with Crippen molar-refractivity contribution in [3.63, 3.8) is 0 Å². The molecule has 0 aliphatic rings. The van der Waals surface area contributed by atoms with Gasteiger partial charge >= 0.3 is 6.18 Å². The first kappa shape index (κ1) is 9.31. The van der Waals surface area contributed by atoms with Crippen LogP contribution in [0.2, 0.25) is 0 Å². The van der Waals surface area contributed by atoms with Crippen LogP contribution in [0, 0.1) is 0 Å². The summed E-state index contributed by atoms with van der Waals surface area (Å²) in [5.41, 5.74) is 4.27. The summed E-state index contributed by atoms with van der Waals surface area (Å²) in [5, 5.41) is 0. The molecule has 0 fully saturated rings. The highest BCUT2D eigenvalue weighted by Gasteiger charge is 2.33. The molecule has 66 valence electrons. The van der Waals surface area contributed by atoms with E-state index in [0.29, 0.717) is 0 Å². The Bertz CT molecular complexity index is 297. The van der Waals surface area contributed by atoms with E-state index in [1.54, 1.807) is 0 Å². The lowest BCUT2D eigenvalue weighted by molar-refractivity contribution is -0.138. The van der Waals surface area contributed by atoms with E-state index < -0.39 is 11.7 Å². The van der Waals surface area contributed by atoms with E-state index in [-0.39, 0.29) is 10.3 Å². The molecule has 0 unspecified atom stereocenters. The van der Waals surface area contributed by atoms with Gasteiger partial charge in [-0.05, 0) is 22.0 Å². The second kappa shape index (κ2) is 2.93. The lowest BCUT2D eigenvalue weighted by Gasteiger charge is -2.07. The number of aromatic nitrogens is 1. The molecule has 6 heteroatoms. The normalized spacial score (nSPS) is 11.7. The Morgan fingerprint density at radius 1 is 1.42 bits per heavy atom. The highest BCUT2D eigenvalue weighted by atomic mass is 79.9. The van der Waals surface area contributed by atoms with Gasteiger partial charge in [-0.3, -0.25) is 0 Å². The Morgan fingerprint density at radius 2 is 2.00 bits per heavy atom. The molecule has 0 amide bonds. The Labute approximate surface area is 74.7 Å². The summed E-state index contributed by atoms with van der Waals surface area (Å²) in [7, 11) is 0. The van der Waals surface area contributed by atoms with Gasteiger partial charge in [0.05, 0.1) is 17.4 Å². The van der Waals surface area contributed by atoms with E-state index in [9.17, 15) is 13.2 Å². The monoisotopic (exact) mass is 240 g/mol. The fourth-order valence-corrected chi connectivity index (χ4v) is 1.10. The van der Waals surface area contributed by atoms with E-state index in [1.807, 2.05) is 0 Å². The molecule has 0 atom stereocenters. The van der Waals surface area contributed by atoms with Gasteiger partial charge in [0.2, 0.25) is 0 Å². The molecule has 1 heterocycles. The number of nitrogens with two attached hydrogens (primary N) is 1. The second-order valence-corrected chi connectivity index (χ2v) is 2.86. The van der Waals surface area contributed by atoms with Gasteiger partial charge in [-0.2, -0.15) is 13.2 Å². The van der Waals surface area contributed by atoms with Crippen LogP contribution in [0.25, 0.3) is 0 Å². The van der Waals surface area contributed by atoms with Crippen molar-refractivity contribution in [2.75, 3.05) is 5.73 Å². The third-order valence-corrected chi connectivity index (χ3v) is 1.80. The number of hydrogen-bond donors (Lipinski definition) is 1. The maximum atomic E-state index is 12.1. The Hall–Kier alpha value is -0.780. The lowest BCUT2D eigenvalue weighted by Crippen LogP contribution is -2.07. The second-order valence-electron chi connectivity index (χ2n) is 2.10. The van der Waals surface area contributed by atoms with E-state index in [1.165, 1.54) is 0 Å². The zero-order valence-corrected chi connectivity index (χ0v) is 7.28. The maximum absolute atomic E-state index is 12.1. The van der Waals surface area contributed by atoms with Crippen molar-refractivity contribution in [3.8, 4) is 0 Å². The summed E-state index contributed by atoms with van der Waals surface area (Å²) in [6, 6.07) is 0.830. The molecule has 12 heavy (non-hydrogen) atoms. The number of pyridine rings is 1. The zero-order valence-electron chi connectivity index (χ0n) is 5.69. The summed E-state index contributed by atoms with van der Waals surface area (Å²) >= 11 is 2.68. The van der Waals surface area contributed by atoms with Gasteiger partial charge in [0.1, 0.15) is 4.60 Å². The minimum Gasteiger partial charge on any atom is -0.397 e. The summed E-state index contributed by atoms with van der Waals surface area (Å²) in [6.45, 7) is 0. The van der Waals surface area contributed by atoms with E-state index in [2.05, 4.69) is 20.9 Å². The fourth-order valence-electron chi connectivity index (χ4n) is 0.663. The van der Waals surface area contributed by atoms with Gasteiger partial charge in [0.15, 0.2) is 0 Å². The number of halogens is 4. The Balaban J connectivity index is 3.23. The van der Waals surface area contributed by atoms with Crippen LogP contribution in [0.4, 0.5) is 18.9 Å². The molecule has 1 aromatic rings. The largest absolute Gasteiger partial charge is 0.419 e. The number of nitrogens with zero attached hydrogens (tertiary/aromatic N) is 1. The quantitative estimate of drug-likeness (QED) is 0.708. The summed E-state index contributed by atoms with van der Waals surface area (Å²) in [4.78, 5) is 3.42. The number of nitrogen functional groups attached to an aromatic ring is 1. The van der Waals surface area contributed by atoms with Gasteiger partial charge in [0.25, 0.3) is 0 Å². The highest BCUT2D eigenvalue weighted by Crippen LogP contribution is 2.34. The third kappa shape index (κ3) is 1.88. The smallest absolute Gasteiger partial charge is 0.397 e. The molecule has 0 aliphatic heterocycles. The topological polar surface area (TPSA) is 38.9 Å². The summed E-state index contributed by atoms with van der Waals surface area (Å²) < 4.78 is 36.1. The van der Waals surface area contributed by atoms with Crippen LogP contribution in [0.5, 0.6) is 0 Å². The van der Waals surface area contributed by atoms with Gasteiger partial charge in [-0.15, -0.1) is 0 Å². The number of alkyl halides is 3. The molecule has 1 rings (SSSR count). The highest BCUT2D eigenvalue weighted by molar-refractivity contribution is 9.10. The average molecular weight is 241 g/mol. The van der Waals surface area contributed by atoms with Crippen molar-refractivity contribution in [1.82, 2.24) is 4.98 Å². The van der Waals surface area contributed by atoms with Crippen LogP contribution in [-0.4, -0.2) is 4.98 Å². The van der Waals surface area contributed by atoms with Crippen LogP contribution in [-0.2, 0) is 6.18 Å². The maximum Gasteiger partial charge on any atom is 0.419 e. The molecule has 2 N–H and O–H groups in total. The standard InChI is InChI=1S/C6H4BrF3N2/c7-5-4(6(8,9)10)1-3(11)2-12-5/h1-2H,11H2. The SMILES string of the molecule is Nc1cnc(Br)c(C(F)(F)F)c1. The minimum atomic E-state index is -4.42. The first-order valence-electron chi connectivity index (χ1n) is 2.89. The van der Waals surface area contributed by atoms with Gasteiger partial charge in [-0.25, -0.2) is 4.98 Å². The predicted molar refractivity (Wildman–Crippen MR) is 41.4 cm³/mol. The van der Waals surface area contributed by atoms with Crippen LogP contribution >= 0.6 is 15.9 Å². The van der Waals surface area contributed by atoms with Gasteiger partial charge in [-0.1, -0.05) is 0 Å². The van der Waals surface area contributed by atoms with Crippen molar-refractivity contribution < 1.29 is 13.2 Å². The molecule has 0 aliphatic carbocycles.